The van der Waals surface area contributed by atoms with Gasteiger partial charge in [0.15, 0.2) is 11.6 Å². The number of rotatable bonds is 4. The van der Waals surface area contributed by atoms with Crippen LogP contribution >= 0.6 is 15.9 Å². The SMILES string of the molecule is CCC(=O)c1cccc(Br)c1.CCC(=O)c1cccc(C#N)c1. The summed E-state index contributed by atoms with van der Waals surface area (Å²) in [6, 6.07) is 16.2. The van der Waals surface area contributed by atoms with Crippen molar-refractivity contribution in [3.63, 3.8) is 0 Å². The van der Waals surface area contributed by atoms with E-state index in [2.05, 4.69) is 15.9 Å². The molecule has 0 heterocycles. The summed E-state index contributed by atoms with van der Waals surface area (Å²) in [7, 11) is 0. The number of benzene rings is 2. The minimum Gasteiger partial charge on any atom is -0.294 e. The van der Waals surface area contributed by atoms with E-state index in [9.17, 15) is 9.59 Å². The molecule has 0 radical (unpaired) electrons. The molecule has 2 rings (SSSR count). The van der Waals surface area contributed by atoms with E-state index >= 15 is 0 Å². The van der Waals surface area contributed by atoms with Crippen LogP contribution in [0.15, 0.2) is 53.0 Å². The molecule has 0 aliphatic heterocycles. The van der Waals surface area contributed by atoms with Crippen LogP contribution in [0.1, 0.15) is 53.0 Å². The van der Waals surface area contributed by atoms with Gasteiger partial charge in [-0.1, -0.05) is 54.0 Å². The van der Waals surface area contributed by atoms with E-state index in [1.165, 1.54) is 0 Å². The van der Waals surface area contributed by atoms with Gasteiger partial charge in [0.1, 0.15) is 0 Å². The maximum absolute atomic E-state index is 11.2. The number of carbonyl (C=O) groups is 2. The molecular weight excluding hydrogens is 354 g/mol. The molecule has 0 atom stereocenters. The first-order valence-corrected chi connectivity index (χ1v) is 8.13. The van der Waals surface area contributed by atoms with Crippen molar-refractivity contribution in [3.05, 3.63) is 69.7 Å². The van der Waals surface area contributed by atoms with Gasteiger partial charge in [-0.15, -0.1) is 0 Å². The van der Waals surface area contributed by atoms with E-state index in [4.69, 9.17) is 5.26 Å². The highest BCUT2D eigenvalue weighted by Gasteiger charge is 2.02. The zero-order chi connectivity index (χ0) is 17.2. The van der Waals surface area contributed by atoms with E-state index in [-0.39, 0.29) is 11.6 Å². The molecule has 0 bridgehead atoms. The third-order valence-electron chi connectivity index (χ3n) is 3.10. The highest BCUT2D eigenvalue weighted by molar-refractivity contribution is 9.10. The van der Waals surface area contributed by atoms with Crippen LogP contribution in [0.2, 0.25) is 0 Å². The van der Waals surface area contributed by atoms with E-state index in [0.717, 1.165) is 10.0 Å². The highest BCUT2D eigenvalue weighted by atomic mass is 79.9. The van der Waals surface area contributed by atoms with Gasteiger partial charge in [-0.2, -0.15) is 5.26 Å². The van der Waals surface area contributed by atoms with Gasteiger partial charge in [0, 0.05) is 28.4 Å². The lowest BCUT2D eigenvalue weighted by Gasteiger charge is -1.96. The van der Waals surface area contributed by atoms with Crippen LogP contribution in [-0.4, -0.2) is 11.6 Å². The Bertz CT molecular complexity index is 732. The molecule has 3 nitrogen and oxygen atoms in total. The van der Waals surface area contributed by atoms with E-state index in [1.807, 2.05) is 37.3 Å². The molecule has 0 aromatic heterocycles. The average molecular weight is 372 g/mol. The van der Waals surface area contributed by atoms with Crippen LogP contribution in [0.25, 0.3) is 0 Å². The molecular formula is C19H18BrNO2. The van der Waals surface area contributed by atoms with Gasteiger partial charge in [0.25, 0.3) is 0 Å². The smallest absolute Gasteiger partial charge is 0.162 e. The zero-order valence-corrected chi connectivity index (χ0v) is 14.8. The van der Waals surface area contributed by atoms with Crippen molar-refractivity contribution in [2.24, 2.45) is 0 Å². The molecule has 0 amide bonds. The topological polar surface area (TPSA) is 57.9 Å². The number of nitriles is 1. The van der Waals surface area contributed by atoms with Gasteiger partial charge in [-0.3, -0.25) is 9.59 Å². The molecule has 0 saturated carbocycles. The number of hydrogen-bond donors (Lipinski definition) is 0. The predicted molar refractivity (Wildman–Crippen MR) is 94.5 cm³/mol. The number of halogens is 1. The Kier molecular flexibility index (Phi) is 7.93. The van der Waals surface area contributed by atoms with Crippen LogP contribution < -0.4 is 0 Å². The summed E-state index contributed by atoms with van der Waals surface area (Å²) < 4.78 is 0.955. The summed E-state index contributed by atoms with van der Waals surface area (Å²) in [5.41, 5.74) is 1.94. The lowest BCUT2D eigenvalue weighted by Crippen LogP contribution is -1.95. The quantitative estimate of drug-likeness (QED) is 0.694. The summed E-state index contributed by atoms with van der Waals surface area (Å²) in [6.07, 6.45) is 1.05. The molecule has 4 heteroatoms. The van der Waals surface area contributed by atoms with Crippen molar-refractivity contribution in [2.45, 2.75) is 26.7 Å². The Morgan fingerprint density at radius 2 is 1.48 bits per heavy atom. The second-order valence-corrected chi connectivity index (χ2v) is 5.67. The lowest BCUT2D eigenvalue weighted by atomic mass is 10.1. The van der Waals surface area contributed by atoms with E-state index < -0.39 is 0 Å². The van der Waals surface area contributed by atoms with Gasteiger partial charge in [-0.05, 0) is 24.3 Å². The number of Topliss-reactive ketones (excluding diaryl/α,β-unsaturated/α-hetero) is 2. The molecule has 2 aromatic carbocycles. The van der Waals surface area contributed by atoms with Crippen molar-refractivity contribution in [1.29, 1.82) is 5.26 Å². The maximum atomic E-state index is 11.2. The molecule has 2 aromatic rings. The first kappa shape index (κ1) is 18.8. The second-order valence-electron chi connectivity index (χ2n) is 4.76. The molecule has 0 aliphatic carbocycles. The van der Waals surface area contributed by atoms with Crippen LogP contribution in [0.5, 0.6) is 0 Å². The first-order valence-electron chi connectivity index (χ1n) is 7.33. The molecule has 23 heavy (non-hydrogen) atoms. The van der Waals surface area contributed by atoms with Gasteiger partial charge >= 0.3 is 0 Å². The standard InChI is InChI=1S/C10H9NO.C9H9BrO/c1-2-10(12)9-5-3-4-8(6-9)7-11;1-2-9(11)7-4-3-5-8(10)6-7/h3-6H,2H2,1H3;3-6H,2H2,1H3. The van der Waals surface area contributed by atoms with E-state index in [0.29, 0.717) is 24.0 Å². The summed E-state index contributed by atoms with van der Waals surface area (Å²) in [5.74, 6) is 0.262. The van der Waals surface area contributed by atoms with Crippen LogP contribution in [0, 0.1) is 11.3 Å². The predicted octanol–water partition coefficient (Wildman–Crippen LogP) is 5.19. The average Bonchev–Trinajstić information content (AvgIpc) is 2.60. The fourth-order valence-corrected chi connectivity index (χ4v) is 2.23. The fraction of sp³-hybridized carbons (Fsp3) is 0.211. The normalized spacial score (nSPS) is 9.30. The zero-order valence-electron chi connectivity index (χ0n) is 13.2. The van der Waals surface area contributed by atoms with Gasteiger partial charge in [0.2, 0.25) is 0 Å². The van der Waals surface area contributed by atoms with Crippen molar-refractivity contribution in [2.75, 3.05) is 0 Å². The minimum absolute atomic E-state index is 0.0760. The molecule has 0 N–H and O–H groups in total. The van der Waals surface area contributed by atoms with Gasteiger partial charge in [0.05, 0.1) is 11.6 Å². The molecule has 0 unspecified atom stereocenters. The Morgan fingerprint density at radius 1 is 0.957 bits per heavy atom. The minimum atomic E-state index is 0.0760. The summed E-state index contributed by atoms with van der Waals surface area (Å²) in [5, 5.41) is 8.56. The third kappa shape index (κ3) is 6.17. The van der Waals surface area contributed by atoms with Gasteiger partial charge < -0.3 is 0 Å². The van der Waals surface area contributed by atoms with Crippen molar-refractivity contribution in [3.8, 4) is 6.07 Å². The Hall–Kier alpha value is -2.25. The van der Waals surface area contributed by atoms with Crippen LogP contribution in [0.4, 0.5) is 0 Å². The highest BCUT2D eigenvalue weighted by Crippen LogP contribution is 2.12. The molecule has 0 fully saturated rings. The van der Waals surface area contributed by atoms with Crippen molar-refractivity contribution < 1.29 is 9.59 Å². The summed E-state index contributed by atoms with van der Waals surface area (Å²) >= 11 is 3.31. The number of hydrogen-bond acceptors (Lipinski definition) is 3. The Labute approximate surface area is 145 Å². The summed E-state index contributed by atoms with van der Waals surface area (Å²) in [6.45, 7) is 3.67. The van der Waals surface area contributed by atoms with Crippen molar-refractivity contribution in [1.82, 2.24) is 0 Å². The largest absolute Gasteiger partial charge is 0.294 e. The maximum Gasteiger partial charge on any atom is 0.162 e. The monoisotopic (exact) mass is 371 g/mol. The molecule has 0 saturated heterocycles. The van der Waals surface area contributed by atoms with Crippen LogP contribution in [-0.2, 0) is 0 Å². The van der Waals surface area contributed by atoms with Gasteiger partial charge in [-0.25, -0.2) is 0 Å². The Morgan fingerprint density at radius 3 is 1.96 bits per heavy atom. The van der Waals surface area contributed by atoms with Crippen LogP contribution in [0.3, 0.4) is 0 Å². The Balaban J connectivity index is 0.000000231. The molecule has 118 valence electrons. The fourth-order valence-electron chi connectivity index (χ4n) is 1.83. The second kappa shape index (κ2) is 9.70. The number of ketones is 2. The summed E-state index contributed by atoms with van der Waals surface area (Å²) in [4.78, 5) is 22.3. The molecule has 0 spiro atoms. The third-order valence-corrected chi connectivity index (χ3v) is 3.60. The number of carbonyl (C=O) groups excluding carboxylic acids is 2. The lowest BCUT2D eigenvalue weighted by molar-refractivity contribution is 0.0980. The van der Waals surface area contributed by atoms with Crippen molar-refractivity contribution >= 4 is 27.5 Å². The number of nitrogens with zero attached hydrogens (tertiary/aromatic N) is 1. The van der Waals surface area contributed by atoms with E-state index in [1.54, 1.807) is 31.2 Å². The molecule has 0 aliphatic rings. The first-order chi connectivity index (χ1) is 11.0.